The molecule has 156 valence electrons. The molecule has 11 heteroatoms. The summed E-state index contributed by atoms with van der Waals surface area (Å²) in [5, 5.41) is 11.2. The van der Waals surface area contributed by atoms with Gasteiger partial charge >= 0.3 is 0 Å². The summed E-state index contributed by atoms with van der Waals surface area (Å²) in [6, 6.07) is 11.4. The van der Waals surface area contributed by atoms with Crippen LogP contribution in [0.1, 0.15) is 0 Å². The van der Waals surface area contributed by atoms with Gasteiger partial charge < -0.3 is 14.1 Å². The van der Waals surface area contributed by atoms with Gasteiger partial charge in [0.25, 0.3) is 5.69 Å². The van der Waals surface area contributed by atoms with Crippen LogP contribution in [0, 0.1) is 10.1 Å². The lowest BCUT2D eigenvalue weighted by Gasteiger charge is -2.26. The van der Waals surface area contributed by atoms with E-state index in [4.69, 9.17) is 20.8 Å². The van der Waals surface area contributed by atoms with Gasteiger partial charge in [0, 0.05) is 35.8 Å². The summed E-state index contributed by atoms with van der Waals surface area (Å²) >= 11 is 5.88. The molecule has 0 atom stereocenters. The minimum atomic E-state index is -4.03. The Morgan fingerprint density at radius 2 is 1.80 bits per heavy atom. The monoisotopic (exact) mass is 449 g/mol. The third-order valence-electron chi connectivity index (χ3n) is 4.56. The van der Waals surface area contributed by atoms with Crippen LogP contribution in [0.15, 0.2) is 62.9 Å². The average Bonchev–Trinajstić information content (AvgIpc) is 3.21. The Hall–Kier alpha value is -2.95. The predicted octanol–water partition coefficient (Wildman–Crippen LogP) is 3.57. The molecule has 0 radical (unpaired) electrons. The fraction of sp³-hybridized carbons (Fsp3) is 0.211. The number of sulfone groups is 1. The highest BCUT2D eigenvalue weighted by atomic mass is 35.5. The van der Waals surface area contributed by atoms with E-state index < -0.39 is 14.8 Å². The standard InChI is InChI=1S/C19H16ClN3O6S/c20-14-4-6-16(7-5-14)30(26,27)18-19(22-8-10-28-11-9-22)29-17(21-18)13-2-1-3-15(12-13)23(24)25/h1-7,12H,8-11H2. The molecule has 30 heavy (non-hydrogen) atoms. The first-order valence-corrected chi connectivity index (χ1v) is 10.8. The van der Waals surface area contributed by atoms with Gasteiger partial charge in [-0.25, -0.2) is 8.42 Å². The number of anilines is 1. The van der Waals surface area contributed by atoms with Gasteiger partial charge in [0.1, 0.15) is 0 Å². The molecule has 0 saturated carbocycles. The van der Waals surface area contributed by atoms with E-state index >= 15 is 0 Å². The largest absolute Gasteiger partial charge is 0.419 e. The van der Waals surface area contributed by atoms with Crippen molar-refractivity contribution >= 4 is 33.0 Å². The number of hydrogen-bond acceptors (Lipinski definition) is 8. The zero-order valence-corrected chi connectivity index (χ0v) is 17.1. The van der Waals surface area contributed by atoms with Crippen LogP contribution >= 0.6 is 11.6 Å². The number of ether oxygens (including phenoxy) is 1. The van der Waals surface area contributed by atoms with Crippen molar-refractivity contribution in [1.82, 2.24) is 4.98 Å². The highest BCUT2D eigenvalue weighted by molar-refractivity contribution is 7.91. The Bertz CT molecular complexity index is 1190. The van der Waals surface area contributed by atoms with Crippen molar-refractivity contribution in [1.29, 1.82) is 0 Å². The Labute approximate surface area is 176 Å². The van der Waals surface area contributed by atoms with Crippen molar-refractivity contribution in [2.45, 2.75) is 9.92 Å². The summed E-state index contributed by atoms with van der Waals surface area (Å²) in [6.07, 6.45) is 0. The lowest BCUT2D eigenvalue weighted by Crippen LogP contribution is -2.36. The number of nitrogens with zero attached hydrogens (tertiary/aromatic N) is 3. The van der Waals surface area contributed by atoms with Crippen molar-refractivity contribution in [2.24, 2.45) is 0 Å². The van der Waals surface area contributed by atoms with Gasteiger partial charge in [0.2, 0.25) is 26.6 Å². The molecular formula is C19H16ClN3O6S. The first-order chi connectivity index (χ1) is 14.4. The minimum Gasteiger partial charge on any atom is -0.419 e. The topological polar surface area (TPSA) is 116 Å². The van der Waals surface area contributed by atoms with Crippen LogP contribution in [0.3, 0.4) is 0 Å². The smallest absolute Gasteiger partial charge is 0.270 e. The zero-order valence-electron chi connectivity index (χ0n) is 15.5. The van der Waals surface area contributed by atoms with Gasteiger partial charge in [0.05, 0.1) is 23.0 Å². The molecule has 1 aromatic heterocycles. The summed E-state index contributed by atoms with van der Waals surface area (Å²) in [5.41, 5.74) is 0.150. The van der Waals surface area contributed by atoms with E-state index in [2.05, 4.69) is 4.98 Å². The molecule has 3 aromatic rings. The van der Waals surface area contributed by atoms with Crippen LogP contribution in [0.5, 0.6) is 0 Å². The van der Waals surface area contributed by atoms with Crippen molar-refractivity contribution in [3.05, 3.63) is 63.7 Å². The maximum Gasteiger partial charge on any atom is 0.270 e. The lowest BCUT2D eigenvalue weighted by molar-refractivity contribution is -0.384. The third kappa shape index (κ3) is 3.89. The highest BCUT2D eigenvalue weighted by Crippen LogP contribution is 2.36. The number of oxazole rings is 1. The van der Waals surface area contributed by atoms with Crippen LogP contribution in [0.25, 0.3) is 11.5 Å². The second kappa shape index (κ2) is 8.05. The molecule has 0 bridgehead atoms. The molecule has 1 saturated heterocycles. The highest BCUT2D eigenvalue weighted by Gasteiger charge is 2.32. The second-order valence-corrected chi connectivity index (χ2v) is 8.79. The molecule has 0 N–H and O–H groups in total. The fourth-order valence-electron chi connectivity index (χ4n) is 3.04. The quantitative estimate of drug-likeness (QED) is 0.428. The van der Waals surface area contributed by atoms with Gasteiger partial charge in [-0.3, -0.25) is 10.1 Å². The van der Waals surface area contributed by atoms with Crippen LogP contribution in [-0.4, -0.2) is 44.6 Å². The van der Waals surface area contributed by atoms with Crippen LogP contribution < -0.4 is 4.90 Å². The number of non-ortho nitro benzene ring substituents is 1. The maximum atomic E-state index is 13.3. The Balaban J connectivity index is 1.85. The van der Waals surface area contributed by atoms with Crippen molar-refractivity contribution in [2.75, 3.05) is 31.2 Å². The number of benzene rings is 2. The molecule has 0 amide bonds. The Morgan fingerprint density at radius 1 is 1.10 bits per heavy atom. The number of rotatable bonds is 5. The molecule has 1 fully saturated rings. The lowest BCUT2D eigenvalue weighted by atomic mass is 10.2. The molecule has 1 aliphatic rings. The molecule has 2 aromatic carbocycles. The number of nitro benzene ring substituents is 1. The van der Waals surface area contributed by atoms with Crippen molar-refractivity contribution in [3.8, 4) is 11.5 Å². The number of morpholine rings is 1. The molecule has 9 nitrogen and oxygen atoms in total. The average molecular weight is 450 g/mol. The summed E-state index contributed by atoms with van der Waals surface area (Å²) in [4.78, 5) is 16.5. The van der Waals surface area contributed by atoms with Crippen LogP contribution in [0.4, 0.5) is 11.6 Å². The zero-order chi connectivity index (χ0) is 21.3. The minimum absolute atomic E-state index is 0.0142. The first kappa shape index (κ1) is 20.3. The molecular weight excluding hydrogens is 434 g/mol. The van der Waals surface area contributed by atoms with E-state index in [0.29, 0.717) is 36.9 Å². The maximum absolute atomic E-state index is 13.3. The first-order valence-electron chi connectivity index (χ1n) is 8.95. The number of nitro groups is 1. The second-order valence-electron chi connectivity index (χ2n) is 6.49. The van der Waals surface area contributed by atoms with Gasteiger partial charge in [-0.05, 0) is 30.3 Å². The van der Waals surface area contributed by atoms with Gasteiger partial charge in [0.15, 0.2) is 0 Å². The van der Waals surface area contributed by atoms with E-state index in [1.807, 2.05) is 0 Å². The Kier molecular flexibility index (Phi) is 5.46. The third-order valence-corrected chi connectivity index (χ3v) is 6.48. The van der Waals surface area contributed by atoms with E-state index in [1.54, 1.807) is 11.0 Å². The molecule has 1 aliphatic heterocycles. The van der Waals surface area contributed by atoms with E-state index in [0.717, 1.165) is 0 Å². The summed E-state index contributed by atoms with van der Waals surface area (Å²) < 4.78 is 37.8. The number of hydrogen-bond donors (Lipinski definition) is 0. The molecule has 4 rings (SSSR count). The van der Waals surface area contributed by atoms with E-state index in [9.17, 15) is 18.5 Å². The summed E-state index contributed by atoms with van der Waals surface area (Å²) in [7, 11) is -4.03. The van der Waals surface area contributed by atoms with Crippen molar-refractivity contribution < 1.29 is 22.5 Å². The van der Waals surface area contributed by atoms with Crippen molar-refractivity contribution in [3.63, 3.8) is 0 Å². The summed E-state index contributed by atoms with van der Waals surface area (Å²) in [6.45, 7) is 1.67. The van der Waals surface area contributed by atoms with Gasteiger partial charge in [-0.2, -0.15) is 4.98 Å². The summed E-state index contributed by atoms with van der Waals surface area (Å²) in [5.74, 6) is 0.0579. The predicted molar refractivity (Wildman–Crippen MR) is 109 cm³/mol. The van der Waals surface area contributed by atoms with Crippen LogP contribution in [0.2, 0.25) is 5.02 Å². The molecule has 0 spiro atoms. The SMILES string of the molecule is O=[N+]([O-])c1cccc(-c2nc(S(=O)(=O)c3ccc(Cl)cc3)c(N3CCOCC3)o2)c1. The fourth-order valence-corrected chi connectivity index (χ4v) is 4.49. The molecule has 0 aliphatic carbocycles. The van der Waals surface area contributed by atoms with Gasteiger partial charge in [-0.15, -0.1) is 0 Å². The molecule has 0 unspecified atom stereocenters. The van der Waals surface area contributed by atoms with Gasteiger partial charge in [-0.1, -0.05) is 17.7 Å². The number of aromatic nitrogens is 1. The number of halogens is 1. The molecule has 2 heterocycles. The van der Waals surface area contributed by atoms with E-state index in [-0.39, 0.29) is 27.4 Å². The Morgan fingerprint density at radius 3 is 2.47 bits per heavy atom. The van der Waals surface area contributed by atoms with Crippen LogP contribution in [-0.2, 0) is 14.6 Å². The van der Waals surface area contributed by atoms with E-state index in [1.165, 1.54) is 42.5 Å². The normalized spacial score (nSPS) is 14.6.